The molecule has 0 bridgehead atoms. The second-order valence-electron chi connectivity index (χ2n) is 4.76. The number of carbonyl (C=O) groups excluding carboxylic acids is 2. The largest absolute Gasteiger partial charge is 0.449 e. The van der Waals surface area contributed by atoms with Gasteiger partial charge in [0.15, 0.2) is 6.10 Å². The van der Waals surface area contributed by atoms with Gasteiger partial charge in [-0.05, 0) is 19.4 Å². The highest BCUT2D eigenvalue weighted by molar-refractivity contribution is 5.96. The Morgan fingerprint density at radius 3 is 2.64 bits per heavy atom. The minimum absolute atomic E-state index is 0.0442. The number of benzene rings is 1. The highest BCUT2D eigenvalue weighted by Crippen LogP contribution is 2.17. The molecule has 7 nitrogen and oxygen atoms in total. The van der Waals surface area contributed by atoms with Crippen molar-refractivity contribution < 1.29 is 18.8 Å². The average Bonchev–Trinajstić information content (AvgIpc) is 2.84. The second-order valence-corrected chi connectivity index (χ2v) is 4.76. The van der Waals surface area contributed by atoms with E-state index in [1.54, 1.807) is 6.92 Å². The molecule has 0 saturated heterocycles. The maximum atomic E-state index is 12.0. The summed E-state index contributed by atoms with van der Waals surface area (Å²) in [6.45, 7) is 3.41. The topological polar surface area (TPSA) is 107 Å². The number of hydrogen-bond acceptors (Lipinski definition) is 6. The minimum atomic E-state index is -0.954. The van der Waals surface area contributed by atoms with Gasteiger partial charge in [-0.15, -0.1) is 0 Å². The normalized spacial score (nSPS) is 11.7. The van der Waals surface area contributed by atoms with Gasteiger partial charge in [0.05, 0.1) is 5.69 Å². The summed E-state index contributed by atoms with van der Waals surface area (Å²) in [5.74, 6) is -1.26. The fourth-order valence-electron chi connectivity index (χ4n) is 1.84. The van der Waals surface area contributed by atoms with Crippen molar-refractivity contribution >= 4 is 17.8 Å². The monoisotopic (exact) mass is 303 g/mol. The number of nitrogens with two attached hydrogens (primary N) is 1. The lowest BCUT2D eigenvalue weighted by Gasteiger charge is -2.13. The first kappa shape index (κ1) is 15.6. The van der Waals surface area contributed by atoms with Crippen molar-refractivity contribution in [3.8, 4) is 0 Å². The quantitative estimate of drug-likeness (QED) is 0.809. The Balaban J connectivity index is 1.90. The number of anilines is 1. The molecule has 0 aliphatic carbocycles. The van der Waals surface area contributed by atoms with Crippen LogP contribution in [0.2, 0.25) is 0 Å². The molecular formula is C15H17N3O4. The molecule has 1 amide bonds. The second kappa shape index (κ2) is 6.75. The Bertz CT molecular complexity index is 647. The molecule has 1 aromatic carbocycles. The van der Waals surface area contributed by atoms with Crippen molar-refractivity contribution in [2.75, 3.05) is 5.73 Å². The fraction of sp³-hybridized carbons (Fsp3) is 0.267. The van der Waals surface area contributed by atoms with E-state index in [4.69, 9.17) is 15.0 Å². The standard InChI is InChI=1S/C15H17N3O4/c1-9-12(13(16)22-18-9)15(20)21-10(2)14(19)17-8-11-6-4-3-5-7-11/h3-7,10H,8,16H2,1-2H3,(H,17,19)/t10-/m1/s1. The number of aryl methyl sites for hydroxylation is 1. The van der Waals surface area contributed by atoms with E-state index in [1.807, 2.05) is 30.3 Å². The molecule has 2 aromatic rings. The third-order valence-corrected chi connectivity index (χ3v) is 3.06. The van der Waals surface area contributed by atoms with Crippen LogP contribution in [0.3, 0.4) is 0 Å². The number of rotatable bonds is 5. The predicted octanol–water partition coefficient (Wildman–Crippen LogP) is 1.43. The summed E-state index contributed by atoms with van der Waals surface area (Å²) in [5.41, 5.74) is 6.81. The molecule has 3 N–H and O–H groups in total. The van der Waals surface area contributed by atoms with Crippen LogP contribution in [0.4, 0.5) is 5.88 Å². The Hall–Kier alpha value is -2.83. The number of hydrogen-bond donors (Lipinski definition) is 2. The Labute approximate surface area is 127 Å². The average molecular weight is 303 g/mol. The van der Waals surface area contributed by atoms with Crippen LogP contribution in [0.5, 0.6) is 0 Å². The van der Waals surface area contributed by atoms with E-state index < -0.39 is 18.0 Å². The number of nitrogens with one attached hydrogen (secondary N) is 1. The molecule has 22 heavy (non-hydrogen) atoms. The van der Waals surface area contributed by atoms with Gasteiger partial charge in [-0.1, -0.05) is 35.5 Å². The summed E-state index contributed by atoms with van der Waals surface area (Å²) < 4.78 is 9.77. The molecule has 0 radical (unpaired) electrons. The van der Waals surface area contributed by atoms with Crippen LogP contribution in [0.25, 0.3) is 0 Å². The molecule has 1 atom stereocenters. The zero-order chi connectivity index (χ0) is 16.1. The van der Waals surface area contributed by atoms with Crippen LogP contribution in [-0.2, 0) is 16.1 Å². The van der Waals surface area contributed by atoms with Crippen molar-refractivity contribution in [3.05, 3.63) is 47.2 Å². The molecule has 1 aromatic heterocycles. The van der Waals surface area contributed by atoms with E-state index in [0.29, 0.717) is 12.2 Å². The van der Waals surface area contributed by atoms with Crippen LogP contribution in [0, 0.1) is 6.92 Å². The molecule has 7 heteroatoms. The zero-order valence-corrected chi connectivity index (χ0v) is 12.3. The highest BCUT2D eigenvalue weighted by atomic mass is 16.5. The van der Waals surface area contributed by atoms with Gasteiger partial charge >= 0.3 is 5.97 Å². The Kier molecular flexibility index (Phi) is 4.77. The molecule has 0 spiro atoms. The smallest absolute Gasteiger partial charge is 0.346 e. The molecule has 0 unspecified atom stereocenters. The van der Waals surface area contributed by atoms with Crippen molar-refractivity contribution in [1.82, 2.24) is 10.5 Å². The van der Waals surface area contributed by atoms with Crippen LogP contribution in [0.1, 0.15) is 28.5 Å². The lowest BCUT2D eigenvalue weighted by Crippen LogP contribution is -2.35. The zero-order valence-electron chi connectivity index (χ0n) is 12.3. The molecule has 0 aliphatic heterocycles. The van der Waals surface area contributed by atoms with Gasteiger partial charge in [0, 0.05) is 6.54 Å². The summed E-state index contributed by atoms with van der Waals surface area (Å²) in [7, 11) is 0. The van der Waals surface area contributed by atoms with E-state index in [1.165, 1.54) is 6.92 Å². The first-order valence-electron chi connectivity index (χ1n) is 6.73. The van der Waals surface area contributed by atoms with Crippen LogP contribution in [0.15, 0.2) is 34.9 Å². The van der Waals surface area contributed by atoms with E-state index in [9.17, 15) is 9.59 Å². The number of aromatic nitrogens is 1. The Morgan fingerprint density at radius 1 is 1.36 bits per heavy atom. The number of ether oxygens (including phenoxy) is 1. The van der Waals surface area contributed by atoms with Crippen molar-refractivity contribution in [3.63, 3.8) is 0 Å². The molecular weight excluding hydrogens is 286 g/mol. The number of esters is 1. The maximum Gasteiger partial charge on any atom is 0.346 e. The van der Waals surface area contributed by atoms with E-state index in [2.05, 4.69) is 10.5 Å². The molecule has 0 aliphatic rings. The van der Waals surface area contributed by atoms with Gasteiger partial charge in [-0.25, -0.2) is 4.79 Å². The SMILES string of the molecule is Cc1noc(N)c1C(=O)O[C@H](C)C(=O)NCc1ccccc1. The fourth-order valence-corrected chi connectivity index (χ4v) is 1.84. The predicted molar refractivity (Wildman–Crippen MR) is 78.8 cm³/mol. The van der Waals surface area contributed by atoms with Crippen LogP contribution >= 0.6 is 0 Å². The molecule has 116 valence electrons. The van der Waals surface area contributed by atoms with E-state index >= 15 is 0 Å². The summed E-state index contributed by atoms with van der Waals surface area (Å²) in [4.78, 5) is 23.9. The molecule has 0 fully saturated rings. The van der Waals surface area contributed by atoms with Crippen molar-refractivity contribution in [1.29, 1.82) is 0 Å². The summed E-state index contributed by atoms with van der Waals surface area (Å²) in [6, 6.07) is 9.42. The third kappa shape index (κ3) is 3.63. The van der Waals surface area contributed by atoms with Gasteiger partial charge < -0.3 is 20.3 Å². The molecule has 0 saturated carbocycles. The van der Waals surface area contributed by atoms with Gasteiger partial charge in [-0.3, -0.25) is 4.79 Å². The number of amides is 1. The minimum Gasteiger partial charge on any atom is -0.449 e. The molecule has 1 heterocycles. The van der Waals surface area contributed by atoms with Crippen molar-refractivity contribution in [2.24, 2.45) is 0 Å². The summed E-state index contributed by atoms with van der Waals surface area (Å²) in [6.07, 6.45) is -0.954. The summed E-state index contributed by atoms with van der Waals surface area (Å²) in [5, 5.41) is 6.26. The van der Waals surface area contributed by atoms with Gasteiger partial charge in [0.1, 0.15) is 5.56 Å². The maximum absolute atomic E-state index is 12.0. The number of carbonyl (C=O) groups is 2. The third-order valence-electron chi connectivity index (χ3n) is 3.06. The Morgan fingerprint density at radius 2 is 2.05 bits per heavy atom. The van der Waals surface area contributed by atoms with Gasteiger partial charge in [0.2, 0.25) is 5.88 Å². The number of nitrogens with zero attached hydrogens (tertiary/aromatic N) is 1. The first-order chi connectivity index (χ1) is 10.5. The van der Waals surface area contributed by atoms with Crippen LogP contribution < -0.4 is 11.1 Å². The van der Waals surface area contributed by atoms with E-state index in [-0.39, 0.29) is 11.4 Å². The lowest BCUT2D eigenvalue weighted by atomic mass is 10.2. The highest BCUT2D eigenvalue weighted by Gasteiger charge is 2.24. The number of nitrogen functional groups attached to an aromatic ring is 1. The van der Waals surface area contributed by atoms with Gasteiger partial charge in [-0.2, -0.15) is 0 Å². The molecule has 2 rings (SSSR count). The lowest BCUT2D eigenvalue weighted by molar-refractivity contribution is -0.129. The summed E-state index contributed by atoms with van der Waals surface area (Å²) >= 11 is 0. The van der Waals surface area contributed by atoms with Crippen molar-refractivity contribution in [2.45, 2.75) is 26.5 Å². The van der Waals surface area contributed by atoms with Crippen LogP contribution in [-0.4, -0.2) is 23.1 Å². The first-order valence-corrected chi connectivity index (χ1v) is 6.73. The van der Waals surface area contributed by atoms with Gasteiger partial charge in [0.25, 0.3) is 5.91 Å². The van der Waals surface area contributed by atoms with E-state index in [0.717, 1.165) is 5.56 Å².